The Balaban J connectivity index is 3.44. The number of nitrogens with two attached hydrogens (primary N) is 2. The van der Waals surface area contributed by atoms with Crippen LogP contribution in [-0.4, -0.2) is 16.7 Å². The summed E-state index contributed by atoms with van der Waals surface area (Å²) in [4.78, 5) is 10.4. The van der Waals surface area contributed by atoms with E-state index in [0.717, 1.165) is 38.5 Å². The summed E-state index contributed by atoms with van der Waals surface area (Å²) < 4.78 is 0. The Hall–Kier alpha value is -0.610. The maximum absolute atomic E-state index is 10.4. The summed E-state index contributed by atoms with van der Waals surface area (Å²) in [5.74, 6) is -0.723. The van der Waals surface area contributed by atoms with Crippen LogP contribution in [0.1, 0.15) is 84.0 Å². The van der Waals surface area contributed by atoms with E-state index < -0.39 is 11.6 Å². The molecule has 114 valence electrons. The summed E-state index contributed by atoms with van der Waals surface area (Å²) in [6.07, 6.45) is 12.0. The Morgan fingerprint density at radius 2 is 1.37 bits per heavy atom. The normalized spacial score (nSPS) is 11.7. The number of carboxylic acids is 1. The van der Waals surface area contributed by atoms with Gasteiger partial charge in [-0.15, -0.1) is 0 Å². The molecule has 0 aliphatic rings. The number of carbonyl (C=O) groups is 1. The lowest BCUT2D eigenvalue weighted by molar-refractivity contribution is -0.137. The first kappa shape index (κ1) is 18.4. The third kappa shape index (κ3) is 13.6. The summed E-state index contributed by atoms with van der Waals surface area (Å²) in [6.45, 7) is 2.22. The predicted octanol–water partition coefficient (Wildman–Crippen LogP) is 3.39. The highest BCUT2D eigenvalue weighted by molar-refractivity contribution is 5.66. The zero-order valence-electron chi connectivity index (χ0n) is 12.5. The monoisotopic (exact) mass is 272 g/mol. The van der Waals surface area contributed by atoms with Gasteiger partial charge in [-0.25, -0.2) is 0 Å². The maximum atomic E-state index is 10.4. The molecule has 4 nitrogen and oxygen atoms in total. The van der Waals surface area contributed by atoms with Gasteiger partial charge in [0, 0.05) is 6.42 Å². The minimum absolute atomic E-state index is 0.250. The lowest BCUT2D eigenvalue weighted by Crippen LogP contribution is -2.49. The second-order valence-electron chi connectivity index (χ2n) is 5.71. The Bertz CT molecular complexity index is 230. The SMILES string of the molecule is CCCCCCCCC(N)(N)CCCCCC(=O)O. The van der Waals surface area contributed by atoms with Gasteiger partial charge in [0.1, 0.15) is 0 Å². The van der Waals surface area contributed by atoms with Gasteiger partial charge < -0.3 is 16.6 Å². The van der Waals surface area contributed by atoms with Gasteiger partial charge in [0.05, 0.1) is 5.66 Å². The van der Waals surface area contributed by atoms with Crippen molar-refractivity contribution < 1.29 is 9.90 Å². The van der Waals surface area contributed by atoms with Crippen molar-refractivity contribution in [1.29, 1.82) is 0 Å². The van der Waals surface area contributed by atoms with Crippen molar-refractivity contribution in [3.05, 3.63) is 0 Å². The van der Waals surface area contributed by atoms with Crippen molar-refractivity contribution in [1.82, 2.24) is 0 Å². The van der Waals surface area contributed by atoms with E-state index in [2.05, 4.69) is 6.92 Å². The van der Waals surface area contributed by atoms with Crippen LogP contribution in [0.3, 0.4) is 0 Å². The second-order valence-corrected chi connectivity index (χ2v) is 5.71. The third-order valence-corrected chi connectivity index (χ3v) is 3.53. The molecule has 0 aromatic heterocycles. The summed E-state index contributed by atoms with van der Waals surface area (Å²) in [5.41, 5.74) is 11.6. The van der Waals surface area contributed by atoms with Crippen LogP contribution in [0, 0.1) is 0 Å². The van der Waals surface area contributed by atoms with Crippen molar-refractivity contribution in [3.8, 4) is 0 Å². The minimum Gasteiger partial charge on any atom is -0.481 e. The van der Waals surface area contributed by atoms with Crippen molar-refractivity contribution in [2.75, 3.05) is 0 Å². The molecule has 0 spiro atoms. The molecule has 0 bridgehead atoms. The Kier molecular flexibility index (Phi) is 10.9. The molecule has 0 aliphatic carbocycles. The zero-order chi connectivity index (χ0) is 14.6. The average molecular weight is 272 g/mol. The molecule has 0 amide bonds. The molecule has 0 aromatic carbocycles. The highest BCUT2D eigenvalue weighted by atomic mass is 16.4. The van der Waals surface area contributed by atoms with Crippen molar-refractivity contribution in [3.63, 3.8) is 0 Å². The quantitative estimate of drug-likeness (QED) is 0.354. The third-order valence-electron chi connectivity index (χ3n) is 3.53. The van der Waals surface area contributed by atoms with Crippen LogP contribution in [0.4, 0.5) is 0 Å². The molecule has 0 saturated heterocycles. The maximum Gasteiger partial charge on any atom is 0.303 e. The minimum atomic E-state index is -0.723. The zero-order valence-corrected chi connectivity index (χ0v) is 12.5. The first-order valence-corrected chi connectivity index (χ1v) is 7.77. The van der Waals surface area contributed by atoms with Crippen LogP contribution in [0.5, 0.6) is 0 Å². The number of hydrogen-bond donors (Lipinski definition) is 3. The molecular formula is C15H32N2O2. The summed E-state index contributed by atoms with van der Waals surface area (Å²) in [6, 6.07) is 0. The fourth-order valence-corrected chi connectivity index (χ4v) is 2.27. The van der Waals surface area contributed by atoms with Crippen LogP contribution in [-0.2, 0) is 4.79 Å². The topological polar surface area (TPSA) is 89.3 Å². The van der Waals surface area contributed by atoms with Crippen LogP contribution >= 0.6 is 0 Å². The van der Waals surface area contributed by atoms with Crippen LogP contribution < -0.4 is 11.5 Å². The summed E-state index contributed by atoms with van der Waals surface area (Å²) >= 11 is 0. The van der Waals surface area contributed by atoms with E-state index in [1.807, 2.05) is 0 Å². The average Bonchev–Trinajstić information content (AvgIpc) is 2.32. The number of carboxylic acid groups (broad SMARTS) is 1. The molecule has 19 heavy (non-hydrogen) atoms. The Morgan fingerprint density at radius 3 is 1.89 bits per heavy atom. The predicted molar refractivity (Wildman–Crippen MR) is 79.8 cm³/mol. The van der Waals surface area contributed by atoms with Crippen molar-refractivity contribution >= 4 is 5.97 Å². The lowest BCUT2D eigenvalue weighted by Gasteiger charge is -2.24. The largest absolute Gasteiger partial charge is 0.481 e. The van der Waals surface area contributed by atoms with Crippen LogP contribution in [0.25, 0.3) is 0 Å². The molecular weight excluding hydrogens is 240 g/mol. The van der Waals surface area contributed by atoms with Gasteiger partial charge in [-0.3, -0.25) is 4.79 Å². The molecule has 0 saturated carbocycles. The summed E-state index contributed by atoms with van der Waals surface area (Å²) in [5, 5.41) is 8.53. The standard InChI is InChI=1S/C15H32N2O2/c1-2-3-4-5-6-9-12-15(16,17)13-10-7-8-11-14(18)19/h2-13,16-17H2,1H3,(H,18,19). The van der Waals surface area contributed by atoms with E-state index in [-0.39, 0.29) is 6.42 Å². The fourth-order valence-electron chi connectivity index (χ4n) is 2.27. The molecule has 5 N–H and O–H groups in total. The van der Waals surface area contributed by atoms with Gasteiger partial charge >= 0.3 is 5.97 Å². The van der Waals surface area contributed by atoms with E-state index >= 15 is 0 Å². The molecule has 0 radical (unpaired) electrons. The molecule has 0 unspecified atom stereocenters. The molecule has 0 fully saturated rings. The Morgan fingerprint density at radius 1 is 0.895 bits per heavy atom. The van der Waals surface area contributed by atoms with Gasteiger partial charge in [-0.1, -0.05) is 58.3 Å². The fraction of sp³-hybridized carbons (Fsp3) is 0.933. The van der Waals surface area contributed by atoms with Gasteiger partial charge in [0.2, 0.25) is 0 Å². The van der Waals surface area contributed by atoms with Gasteiger partial charge in [-0.05, 0) is 19.3 Å². The van der Waals surface area contributed by atoms with Crippen LogP contribution in [0.2, 0.25) is 0 Å². The van der Waals surface area contributed by atoms with E-state index in [1.165, 1.54) is 32.1 Å². The van der Waals surface area contributed by atoms with E-state index in [4.69, 9.17) is 16.6 Å². The molecule has 0 aromatic rings. The molecule has 0 aliphatic heterocycles. The molecule has 4 heteroatoms. The number of aliphatic carboxylic acids is 1. The van der Waals surface area contributed by atoms with Gasteiger partial charge in [-0.2, -0.15) is 0 Å². The van der Waals surface area contributed by atoms with Crippen molar-refractivity contribution in [2.45, 2.75) is 89.6 Å². The highest BCUT2D eigenvalue weighted by Crippen LogP contribution is 2.16. The molecule has 0 atom stereocenters. The Labute approximate surface area is 117 Å². The van der Waals surface area contributed by atoms with E-state index in [0.29, 0.717) is 0 Å². The number of unbranched alkanes of at least 4 members (excludes halogenated alkanes) is 7. The molecule has 0 rings (SSSR count). The smallest absolute Gasteiger partial charge is 0.303 e. The molecule has 0 heterocycles. The first-order chi connectivity index (χ1) is 8.98. The lowest BCUT2D eigenvalue weighted by atomic mass is 9.96. The van der Waals surface area contributed by atoms with Gasteiger partial charge in [0.15, 0.2) is 0 Å². The second kappa shape index (κ2) is 11.2. The van der Waals surface area contributed by atoms with Crippen molar-refractivity contribution in [2.24, 2.45) is 11.5 Å². The summed E-state index contributed by atoms with van der Waals surface area (Å²) in [7, 11) is 0. The first-order valence-electron chi connectivity index (χ1n) is 7.77. The van der Waals surface area contributed by atoms with Gasteiger partial charge in [0.25, 0.3) is 0 Å². The highest BCUT2D eigenvalue weighted by Gasteiger charge is 2.17. The van der Waals surface area contributed by atoms with E-state index in [9.17, 15) is 4.79 Å². The number of rotatable bonds is 13. The van der Waals surface area contributed by atoms with E-state index in [1.54, 1.807) is 0 Å². The van der Waals surface area contributed by atoms with Crippen LogP contribution in [0.15, 0.2) is 0 Å². The number of hydrogen-bond acceptors (Lipinski definition) is 3.